The summed E-state index contributed by atoms with van der Waals surface area (Å²) in [7, 11) is 1.40. The van der Waals surface area contributed by atoms with E-state index in [1.54, 1.807) is 17.8 Å². The van der Waals surface area contributed by atoms with Crippen molar-refractivity contribution >= 4 is 23.7 Å². The average molecular weight is 445 g/mol. The van der Waals surface area contributed by atoms with E-state index in [9.17, 15) is 9.59 Å². The van der Waals surface area contributed by atoms with Crippen molar-refractivity contribution < 1.29 is 19.1 Å². The SMILES string of the molecule is CCCCCCCCC/C=C\C=C\C(SCCC(=O)OC)C1OC(=O)c2ccccc21. The average Bonchev–Trinajstić information content (AvgIpc) is 3.12. The molecule has 0 spiro atoms. The van der Waals surface area contributed by atoms with Crippen molar-refractivity contribution in [2.24, 2.45) is 0 Å². The number of carbonyl (C=O) groups excluding carboxylic acids is 2. The van der Waals surface area contributed by atoms with Gasteiger partial charge in [-0.1, -0.05) is 88.0 Å². The number of benzene rings is 1. The minimum atomic E-state index is -0.334. The summed E-state index contributed by atoms with van der Waals surface area (Å²) in [5, 5.41) is -0.0551. The Balaban J connectivity index is 1.86. The lowest BCUT2D eigenvalue weighted by atomic mass is 10.0. The molecule has 1 aromatic rings. The van der Waals surface area contributed by atoms with E-state index in [4.69, 9.17) is 9.47 Å². The Morgan fingerprint density at radius 1 is 1.13 bits per heavy atom. The predicted octanol–water partition coefficient (Wildman–Crippen LogP) is 6.82. The molecular formula is C26H36O4S. The van der Waals surface area contributed by atoms with Crippen LogP contribution in [0.1, 0.15) is 86.7 Å². The van der Waals surface area contributed by atoms with Crippen LogP contribution in [-0.2, 0) is 14.3 Å². The lowest BCUT2D eigenvalue weighted by molar-refractivity contribution is -0.140. The van der Waals surface area contributed by atoms with E-state index < -0.39 is 0 Å². The van der Waals surface area contributed by atoms with Crippen molar-refractivity contribution in [2.75, 3.05) is 12.9 Å². The highest BCUT2D eigenvalue weighted by Crippen LogP contribution is 2.38. The highest BCUT2D eigenvalue weighted by Gasteiger charge is 2.35. The summed E-state index contributed by atoms with van der Waals surface area (Å²) in [6, 6.07) is 7.53. The Kier molecular flexibility index (Phi) is 12.1. The van der Waals surface area contributed by atoms with Gasteiger partial charge in [-0.05, 0) is 18.9 Å². The van der Waals surface area contributed by atoms with Crippen LogP contribution in [0.15, 0.2) is 48.6 Å². The van der Waals surface area contributed by atoms with E-state index in [0.717, 1.165) is 12.0 Å². The summed E-state index contributed by atoms with van der Waals surface area (Å²) in [4.78, 5) is 23.7. The number of cyclic esters (lactones) is 1. The molecular weight excluding hydrogens is 408 g/mol. The van der Waals surface area contributed by atoms with Crippen molar-refractivity contribution in [1.29, 1.82) is 0 Å². The normalized spacial score (nSPS) is 16.6. The topological polar surface area (TPSA) is 52.6 Å². The van der Waals surface area contributed by atoms with Gasteiger partial charge in [0, 0.05) is 11.3 Å². The summed E-state index contributed by atoms with van der Waals surface area (Å²) >= 11 is 1.61. The van der Waals surface area contributed by atoms with Gasteiger partial charge in [-0.3, -0.25) is 4.79 Å². The second kappa shape index (κ2) is 14.9. The highest BCUT2D eigenvalue weighted by atomic mass is 32.2. The molecule has 0 fully saturated rings. The van der Waals surface area contributed by atoms with Crippen LogP contribution in [0.2, 0.25) is 0 Å². The summed E-state index contributed by atoms with van der Waals surface area (Å²) in [6.45, 7) is 2.25. The molecule has 1 heterocycles. The van der Waals surface area contributed by atoms with E-state index in [-0.39, 0.29) is 23.3 Å². The quantitative estimate of drug-likeness (QED) is 0.169. The fourth-order valence-electron chi connectivity index (χ4n) is 3.61. The molecule has 0 saturated carbocycles. The molecule has 31 heavy (non-hydrogen) atoms. The zero-order valence-electron chi connectivity index (χ0n) is 18.9. The molecule has 0 amide bonds. The minimum absolute atomic E-state index is 0.0551. The number of ether oxygens (including phenoxy) is 2. The maximum Gasteiger partial charge on any atom is 0.339 e. The summed E-state index contributed by atoms with van der Waals surface area (Å²) in [5.41, 5.74) is 1.55. The van der Waals surface area contributed by atoms with Crippen LogP contribution in [0, 0.1) is 0 Å². The first-order chi connectivity index (χ1) is 15.2. The minimum Gasteiger partial charge on any atom is -0.469 e. The third-order valence-corrected chi connectivity index (χ3v) is 6.62. The first-order valence-electron chi connectivity index (χ1n) is 11.5. The second-order valence-corrected chi connectivity index (χ2v) is 9.08. The molecule has 4 nitrogen and oxygen atoms in total. The number of carbonyl (C=O) groups is 2. The first-order valence-corrected chi connectivity index (χ1v) is 12.5. The van der Waals surface area contributed by atoms with Crippen molar-refractivity contribution in [1.82, 2.24) is 0 Å². The van der Waals surface area contributed by atoms with E-state index in [1.165, 1.54) is 52.1 Å². The molecule has 1 aliphatic heterocycles. The molecule has 0 saturated heterocycles. The van der Waals surface area contributed by atoms with Crippen molar-refractivity contribution in [3.63, 3.8) is 0 Å². The molecule has 0 aromatic heterocycles. The number of esters is 2. The van der Waals surface area contributed by atoms with Crippen LogP contribution in [0.5, 0.6) is 0 Å². The Hall–Kier alpha value is -2.01. The van der Waals surface area contributed by atoms with Crippen molar-refractivity contribution in [3.05, 3.63) is 59.7 Å². The number of unbranched alkanes of at least 4 members (excludes halogenated alkanes) is 7. The fraction of sp³-hybridized carbons (Fsp3) is 0.538. The lowest BCUT2D eigenvalue weighted by Crippen LogP contribution is -2.15. The maximum atomic E-state index is 12.2. The molecule has 2 atom stereocenters. The molecule has 0 radical (unpaired) electrons. The number of hydrogen-bond donors (Lipinski definition) is 0. The number of thioether (sulfide) groups is 1. The van der Waals surface area contributed by atoms with Gasteiger partial charge in [0.2, 0.25) is 0 Å². The molecule has 0 N–H and O–H groups in total. The standard InChI is InChI=1S/C26H36O4S/c1-3-4-5-6-7-8-9-10-11-12-13-18-23(31-20-19-24(27)29-2)25-21-16-14-15-17-22(21)26(28)30-25/h11-18,23,25H,3-10,19-20H2,1-2H3/b12-11-,18-13+. The van der Waals surface area contributed by atoms with Crippen LogP contribution in [-0.4, -0.2) is 30.1 Å². The Bertz CT molecular complexity index is 741. The van der Waals surface area contributed by atoms with Gasteiger partial charge in [-0.25, -0.2) is 4.79 Å². The van der Waals surface area contributed by atoms with Crippen molar-refractivity contribution in [2.45, 2.75) is 76.1 Å². The largest absolute Gasteiger partial charge is 0.469 e. The molecule has 0 aliphatic carbocycles. The third-order valence-electron chi connectivity index (χ3n) is 5.39. The molecule has 2 unspecified atom stereocenters. The smallest absolute Gasteiger partial charge is 0.339 e. The van der Waals surface area contributed by atoms with Gasteiger partial charge in [0.1, 0.15) is 6.10 Å². The van der Waals surface area contributed by atoms with Crippen LogP contribution in [0.25, 0.3) is 0 Å². The van der Waals surface area contributed by atoms with Crippen molar-refractivity contribution in [3.8, 4) is 0 Å². The summed E-state index contributed by atoms with van der Waals surface area (Å²) in [6.07, 6.45) is 18.7. The third kappa shape index (κ3) is 8.94. The van der Waals surface area contributed by atoms with E-state index in [0.29, 0.717) is 17.7 Å². The highest BCUT2D eigenvalue weighted by molar-refractivity contribution is 8.00. The number of fused-ring (bicyclic) bond motifs is 1. The summed E-state index contributed by atoms with van der Waals surface area (Å²) < 4.78 is 10.4. The molecule has 170 valence electrons. The van der Waals surface area contributed by atoms with Gasteiger partial charge in [0.25, 0.3) is 0 Å². The first kappa shape index (κ1) is 25.3. The molecule has 1 aliphatic rings. The number of rotatable bonds is 15. The fourth-order valence-corrected chi connectivity index (χ4v) is 4.74. The Morgan fingerprint density at radius 2 is 1.87 bits per heavy atom. The summed E-state index contributed by atoms with van der Waals surface area (Å²) in [5.74, 6) is 0.107. The van der Waals surface area contributed by atoms with Gasteiger partial charge in [-0.15, -0.1) is 11.8 Å². The molecule has 0 bridgehead atoms. The van der Waals surface area contributed by atoms with Gasteiger partial charge in [0.05, 0.1) is 24.3 Å². The zero-order valence-corrected chi connectivity index (χ0v) is 19.7. The van der Waals surface area contributed by atoms with Gasteiger partial charge in [-0.2, -0.15) is 0 Å². The molecule has 5 heteroatoms. The van der Waals surface area contributed by atoms with Crippen LogP contribution in [0.4, 0.5) is 0 Å². The molecule has 2 rings (SSSR count). The lowest BCUT2D eigenvalue weighted by Gasteiger charge is -2.19. The van der Waals surface area contributed by atoms with Gasteiger partial charge < -0.3 is 9.47 Å². The monoisotopic (exact) mass is 444 g/mol. The molecule has 1 aromatic carbocycles. The van der Waals surface area contributed by atoms with Crippen LogP contribution < -0.4 is 0 Å². The van der Waals surface area contributed by atoms with E-state index in [1.807, 2.05) is 24.3 Å². The van der Waals surface area contributed by atoms with Gasteiger partial charge in [0.15, 0.2) is 0 Å². The number of hydrogen-bond acceptors (Lipinski definition) is 5. The second-order valence-electron chi connectivity index (χ2n) is 7.80. The van der Waals surface area contributed by atoms with E-state index in [2.05, 4.69) is 25.2 Å². The maximum absolute atomic E-state index is 12.2. The Morgan fingerprint density at radius 3 is 2.65 bits per heavy atom. The predicted molar refractivity (Wildman–Crippen MR) is 128 cm³/mol. The van der Waals surface area contributed by atoms with Crippen LogP contribution in [0.3, 0.4) is 0 Å². The van der Waals surface area contributed by atoms with E-state index >= 15 is 0 Å². The van der Waals surface area contributed by atoms with Crippen LogP contribution >= 0.6 is 11.8 Å². The number of methoxy groups -OCH3 is 1. The van der Waals surface area contributed by atoms with Gasteiger partial charge >= 0.3 is 11.9 Å². The Labute approximate surface area is 191 Å². The number of allylic oxidation sites excluding steroid dienone is 3. The zero-order chi connectivity index (χ0) is 22.3.